The second-order valence-electron chi connectivity index (χ2n) is 4.14. The molecule has 0 fully saturated rings. The number of carbonyl (C=O) groups is 2. The van der Waals surface area contributed by atoms with E-state index in [2.05, 4.69) is 10.6 Å². The van der Waals surface area contributed by atoms with E-state index in [1.807, 2.05) is 0 Å². The third-order valence-corrected chi connectivity index (χ3v) is 2.98. The van der Waals surface area contributed by atoms with Gasteiger partial charge in [0.15, 0.2) is 0 Å². The van der Waals surface area contributed by atoms with E-state index in [4.69, 9.17) is 26.2 Å². The molecule has 0 bridgehead atoms. The molecule has 7 nitrogen and oxygen atoms in total. The first-order chi connectivity index (χ1) is 9.96. The number of urea groups is 1. The van der Waals surface area contributed by atoms with Crippen molar-refractivity contribution in [3.8, 4) is 5.75 Å². The molecule has 0 aliphatic carbocycles. The predicted octanol–water partition coefficient (Wildman–Crippen LogP) is 1.96. The molecule has 3 N–H and O–H groups in total. The molecule has 0 saturated carbocycles. The van der Waals surface area contributed by atoms with Gasteiger partial charge in [-0.3, -0.25) is 4.79 Å². The Kier molecular flexibility index (Phi) is 6.77. The Bertz CT molecular complexity index is 509. The molecule has 0 aliphatic heterocycles. The van der Waals surface area contributed by atoms with Gasteiger partial charge in [0, 0.05) is 19.7 Å². The Morgan fingerprint density at radius 2 is 2.10 bits per heavy atom. The van der Waals surface area contributed by atoms with Crippen molar-refractivity contribution in [2.45, 2.75) is 12.5 Å². The van der Waals surface area contributed by atoms with Crippen LogP contribution in [0.3, 0.4) is 0 Å². The summed E-state index contributed by atoms with van der Waals surface area (Å²) in [5.74, 6) is -0.449. The lowest BCUT2D eigenvalue weighted by Crippen LogP contribution is -2.37. The highest BCUT2D eigenvalue weighted by atomic mass is 35.5. The highest BCUT2D eigenvalue weighted by molar-refractivity contribution is 6.33. The molecule has 0 heterocycles. The molecule has 0 aromatic heterocycles. The fraction of sp³-hybridized carbons (Fsp3) is 0.385. The van der Waals surface area contributed by atoms with Crippen LogP contribution >= 0.6 is 11.6 Å². The Hall–Kier alpha value is -1.99. The number of halogens is 1. The summed E-state index contributed by atoms with van der Waals surface area (Å²) in [6, 6.07) is 4.32. The van der Waals surface area contributed by atoms with Crippen molar-refractivity contribution in [3.63, 3.8) is 0 Å². The number of carbonyl (C=O) groups excluding carboxylic acids is 1. The number of nitrogens with one attached hydrogen (secondary N) is 2. The largest absolute Gasteiger partial charge is 0.497 e. The number of carboxylic acid groups (broad SMARTS) is 1. The standard InChI is InChI=1S/C13H17ClN2O5/c1-20-8-3-4-10(14)11(5-8)16-13(19)15-7-9(21-2)6-12(17)18/h3-5,9H,6-7H2,1-2H3,(H,17,18)(H2,15,16,19). The van der Waals surface area contributed by atoms with Crippen LogP contribution in [0.15, 0.2) is 18.2 Å². The first-order valence-electron chi connectivity index (χ1n) is 6.09. The van der Waals surface area contributed by atoms with Gasteiger partial charge in [-0.05, 0) is 12.1 Å². The maximum absolute atomic E-state index is 11.7. The Labute approximate surface area is 127 Å². The van der Waals surface area contributed by atoms with Gasteiger partial charge < -0.3 is 25.2 Å². The van der Waals surface area contributed by atoms with Crippen LogP contribution in [0, 0.1) is 0 Å². The third-order valence-electron chi connectivity index (χ3n) is 2.65. The molecule has 1 rings (SSSR count). The number of hydrogen-bond donors (Lipinski definition) is 3. The van der Waals surface area contributed by atoms with Gasteiger partial charge in [-0.1, -0.05) is 11.6 Å². The van der Waals surface area contributed by atoms with Crippen LogP contribution < -0.4 is 15.4 Å². The molecule has 1 aromatic rings. The first kappa shape index (κ1) is 17.1. The molecule has 0 spiro atoms. The van der Waals surface area contributed by atoms with Gasteiger partial charge in [0.2, 0.25) is 0 Å². The number of benzene rings is 1. The van der Waals surface area contributed by atoms with Gasteiger partial charge in [0.25, 0.3) is 0 Å². The Morgan fingerprint density at radius 3 is 2.67 bits per heavy atom. The molecule has 116 valence electrons. The topological polar surface area (TPSA) is 96.9 Å². The number of ether oxygens (including phenoxy) is 2. The number of hydrogen-bond acceptors (Lipinski definition) is 4. The zero-order valence-corrected chi connectivity index (χ0v) is 12.4. The van der Waals surface area contributed by atoms with Crippen molar-refractivity contribution in [1.82, 2.24) is 5.32 Å². The Morgan fingerprint density at radius 1 is 1.38 bits per heavy atom. The van der Waals surface area contributed by atoms with Gasteiger partial charge in [-0.2, -0.15) is 0 Å². The van der Waals surface area contributed by atoms with Gasteiger partial charge in [-0.15, -0.1) is 0 Å². The van der Waals surface area contributed by atoms with E-state index >= 15 is 0 Å². The second kappa shape index (κ2) is 8.33. The fourth-order valence-corrected chi connectivity index (χ4v) is 1.70. The quantitative estimate of drug-likeness (QED) is 0.714. The maximum atomic E-state index is 11.7. The van der Waals surface area contributed by atoms with Crippen LogP contribution in [0.5, 0.6) is 5.75 Å². The third kappa shape index (κ3) is 5.88. The van der Waals surface area contributed by atoms with E-state index in [0.29, 0.717) is 16.5 Å². The summed E-state index contributed by atoms with van der Waals surface area (Å²) in [7, 11) is 2.88. The lowest BCUT2D eigenvalue weighted by Gasteiger charge is -2.15. The second-order valence-corrected chi connectivity index (χ2v) is 4.54. The average Bonchev–Trinajstić information content (AvgIpc) is 2.45. The first-order valence-corrected chi connectivity index (χ1v) is 6.47. The minimum atomic E-state index is -1.00. The van der Waals surface area contributed by atoms with E-state index in [-0.39, 0.29) is 13.0 Å². The molecule has 1 atom stereocenters. The SMILES string of the molecule is COc1ccc(Cl)c(NC(=O)NCC(CC(=O)O)OC)c1. The van der Waals surface area contributed by atoms with Crippen molar-refractivity contribution in [1.29, 1.82) is 0 Å². The normalized spacial score (nSPS) is 11.6. The van der Waals surface area contributed by atoms with Crippen LogP contribution in [0.4, 0.5) is 10.5 Å². The molecular formula is C13H17ClN2O5. The monoisotopic (exact) mass is 316 g/mol. The van der Waals surface area contributed by atoms with E-state index in [1.54, 1.807) is 18.2 Å². The lowest BCUT2D eigenvalue weighted by atomic mass is 10.2. The van der Waals surface area contributed by atoms with Crippen molar-refractivity contribution in [2.24, 2.45) is 0 Å². The van der Waals surface area contributed by atoms with E-state index in [1.165, 1.54) is 14.2 Å². The van der Waals surface area contributed by atoms with Gasteiger partial charge in [0.1, 0.15) is 5.75 Å². The Balaban J connectivity index is 2.55. The highest BCUT2D eigenvalue weighted by Gasteiger charge is 2.14. The van der Waals surface area contributed by atoms with Crippen LogP contribution in [0.25, 0.3) is 0 Å². The van der Waals surface area contributed by atoms with Gasteiger partial charge in [0.05, 0.1) is 30.3 Å². The summed E-state index contributed by atoms with van der Waals surface area (Å²) in [5.41, 5.74) is 0.390. The number of carboxylic acids is 1. The molecule has 1 unspecified atom stereocenters. The lowest BCUT2D eigenvalue weighted by molar-refractivity contribution is -0.139. The smallest absolute Gasteiger partial charge is 0.319 e. The van der Waals surface area contributed by atoms with Crippen molar-refractivity contribution in [3.05, 3.63) is 23.2 Å². The summed E-state index contributed by atoms with van der Waals surface area (Å²) in [5, 5.41) is 14.1. The maximum Gasteiger partial charge on any atom is 0.319 e. The summed E-state index contributed by atoms with van der Waals surface area (Å²) in [6.07, 6.45) is -0.800. The van der Waals surface area contributed by atoms with E-state index in [9.17, 15) is 9.59 Å². The molecule has 0 radical (unpaired) electrons. The number of aliphatic carboxylic acids is 1. The van der Waals surface area contributed by atoms with Crippen LogP contribution in [0.1, 0.15) is 6.42 Å². The number of anilines is 1. The summed E-state index contributed by atoms with van der Waals surface area (Å²) >= 11 is 5.96. The number of amides is 2. The summed E-state index contributed by atoms with van der Waals surface area (Å²) in [4.78, 5) is 22.3. The number of rotatable bonds is 7. The molecule has 8 heteroatoms. The molecular weight excluding hydrogens is 300 g/mol. The van der Waals surface area contributed by atoms with Crippen molar-refractivity contribution in [2.75, 3.05) is 26.1 Å². The molecule has 0 aliphatic rings. The summed E-state index contributed by atoms with van der Waals surface area (Å²) < 4.78 is 9.99. The minimum Gasteiger partial charge on any atom is -0.497 e. The summed E-state index contributed by atoms with van der Waals surface area (Å²) in [6.45, 7) is 0.0657. The van der Waals surface area contributed by atoms with Gasteiger partial charge >= 0.3 is 12.0 Å². The van der Waals surface area contributed by atoms with Crippen LogP contribution in [-0.2, 0) is 9.53 Å². The van der Waals surface area contributed by atoms with Crippen LogP contribution in [-0.4, -0.2) is 44.0 Å². The van der Waals surface area contributed by atoms with Crippen molar-refractivity contribution >= 4 is 29.3 Å². The molecule has 21 heavy (non-hydrogen) atoms. The van der Waals surface area contributed by atoms with E-state index < -0.39 is 18.1 Å². The molecule has 0 saturated heterocycles. The molecule has 1 aromatic carbocycles. The predicted molar refractivity (Wildman–Crippen MR) is 78.1 cm³/mol. The van der Waals surface area contributed by atoms with E-state index in [0.717, 1.165) is 0 Å². The van der Waals surface area contributed by atoms with Crippen molar-refractivity contribution < 1.29 is 24.2 Å². The molecule has 2 amide bonds. The highest BCUT2D eigenvalue weighted by Crippen LogP contribution is 2.26. The minimum absolute atomic E-state index is 0.0657. The zero-order valence-electron chi connectivity index (χ0n) is 11.7. The van der Waals surface area contributed by atoms with Gasteiger partial charge in [-0.25, -0.2) is 4.79 Å². The zero-order chi connectivity index (χ0) is 15.8. The average molecular weight is 317 g/mol. The number of methoxy groups -OCH3 is 2. The van der Waals surface area contributed by atoms with Crippen LogP contribution in [0.2, 0.25) is 5.02 Å². The fourth-order valence-electron chi connectivity index (χ4n) is 1.53.